The fourth-order valence-electron chi connectivity index (χ4n) is 2.85. The highest BCUT2D eigenvalue weighted by molar-refractivity contribution is 6.33. The zero-order valence-electron chi connectivity index (χ0n) is 14.1. The first-order chi connectivity index (χ1) is 12.3. The van der Waals surface area contributed by atoms with Crippen LogP contribution in [0.15, 0.2) is 36.4 Å². The molecule has 0 radical (unpaired) electrons. The maximum Gasteiger partial charge on any atom is 0.435 e. The second-order valence-electron chi connectivity index (χ2n) is 5.91. The molecule has 148 valence electrons. The summed E-state index contributed by atoms with van der Waals surface area (Å²) in [6.07, 6.45) is -12.5. The topological polar surface area (TPSA) is 9.23 Å². The number of benzene rings is 2. The third kappa shape index (κ3) is 3.78. The highest BCUT2D eigenvalue weighted by Gasteiger charge is 2.74. The minimum absolute atomic E-state index is 0.0170. The summed E-state index contributed by atoms with van der Waals surface area (Å²) in [5.41, 5.74) is -7.92. The molecule has 0 fully saturated rings. The van der Waals surface area contributed by atoms with Gasteiger partial charge in [0.1, 0.15) is 0 Å². The van der Waals surface area contributed by atoms with Gasteiger partial charge in [-0.1, -0.05) is 47.5 Å². The van der Waals surface area contributed by atoms with Gasteiger partial charge in [0, 0.05) is 23.3 Å². The lowest BCUT2D eigenvalue weighted by Gasteiger charge is -2.33. The van der Waals surface area contributed by atoms with Crippen molar-refractivity contribution >= 4 is 11.6 Å². The molecule has 0 amide bonds. The summed E-state index contributed by atoms with van der Waals surface area (Å²) in [7, 11) is 1.22. The highest BCUT2D eigenvalue weighted by atomic mass is 35.5. The second-order valence-corrected chi connectivity index (χ2v) is 6.32. The molecule has 0 heterocycles. The molecule has 2 rings (SSSR count). The molecule has 0 aromatic heterocycles. The number of ether oxygens (including phenoxy) is 1. The first-order valence-electron chi connectivity index (χ1n) is 7.54. The van der Waals surface area contributed by atoms with Crippen LogP contribution in [0, 0.1) is 6.92 Å². The van der Waals surface area contributed by atoms with Crippen LogP contribution in [0.1, 0.15) is 16.7 Å². The predicted molar refractivity (Wildman–Crippen MR) is 87.2 cm³/mol. The minimum atomic E-state index is -6.24. The fourth-order valence-corrected chi connectivity index (χ4v) is 3.08. The third-order valence-corrected chi connectivity index (χ3v) is 4.29. The average molecular weight is 415 g/mol. The summed E-state index contributed by atoms with van der Waals surface area (Å²) < 4.78 is 100. The van der Waals surface area contributed by atoms with E-state index in [1.54, 1.807) is 0 Å². The molecule has 0 saturated heterocycles. The van der Waals surface area contributed by atoms with Crippen molar-refractivity contribution in [2.24, 2.45) is 0 Å². The van der Waals surface area contributed by atoms with Crippen molar-refractivity contribution in [2.75, 3.05) is 7.11 Å². The molecule has 0 atom stereocenters. The Hall–Kier alpha value is -1.80. The molecule has 2 aromatic carbocycles. The van der Waals surface area contributed by atoms with E-state index in [2.05, 4.69) is 0 Å². The van der Waals surface area contributed by atoms with Gasteiger partial charge in [-0.15, -0.1) is 0 Å². The standard InChI is InChI=1S/C18H14ClF7O/c1-10-7-11(9-27-2)15(12-5-3-4-6-14(12)19)13(8-10)16(20,17(21,22)23)18(24,25)26/h3-8H,9H2,1-2H3. The maximum absolute atomic E-state index is 14.9. The first kappa shape index (κ1) is 21.5. The molecule has 0 aliphatic heterocycles. The largest absolute Gasteiger partial charge is 0.435 e. The monoisotopic (exact) mass is 414 g/mol. The van der Waals surface area contributed by atoms with Crippen molar-refractivity contribution in [2.45, 2.75) is 31.6 Å². The van der Waals surface area contributed by atoms with E-state index in [9.17, 15) is 30.7 Å². The Morgan fingerprint density at radius 1 is 0.926 bits per heavy atom. The van der Waals surface area contributed by atoms with Gasteiger partial charge < -0.3 is 4.74 Å². The van der Waals surface area contributed by atoms with Crippen LogP contribution in [0.2, 0.25) is 5.02 Å². The number of methoxy groups -OCH3 is 1. The predicted octanol–water partition coefficient (Wildman–Crippen LogP) is 6.75. The van der Waals surface area contributed by atoms with Gasteiger partial charge in [-0.2, -0.15) is 26.3 Å². The van der Waals surface area contributed by atoms with Crippen LogP contribution in [0.25, 0.3) is 11.1 Å². The lowest BCUT2D eigenvalue weighted by Crippen LogP contribution is -2.50. The number of aryl methyl sites for hydroxylation is 1. The Kier molecular flexibility index (Phi) is 5.82. The van der Waals surface area contributed by atoms with Crippen molar-refractivity contribution in [1.29, 1.82) is 0 Å². The number of rotatable bonds is 4. The normalized spacial score (nSPS) is 13.1. The molecule has 1 nitrogen and oxygen atoms in total. The Morgan fingerprint density at radius 2 is 1.48 bits per heavy atom. The number of hydrogen-bond acceptors (Lipinski definition) is 1. The highest BCUT2D eigenvalue weighted by Crippen LogP contribution is 2.56. The van der Waals surface area contributed by atoms with Crippen molar-refractivity contribution in [3.63, 3.8) is 0 Å². The van der Waals surface area contributed by atoms with Gasteiger partial charge in [0.05, 0.1) is 6.61 Å². The third-order valence-electron chi connectivity index (χ3n) is 3.96. The molecule has 0 N–H and O–H groups in total. The van der Waals surface area contributed by atoms with Gasteiger partial charge in [-0.05, 0) is 24.1 Å². The molecular weight excluding hydrogens is 401 g/mol. The summed E-state index contributed by atoms with van der Waals surface area (Å²) in [5, 5.41) is -0.119. The van der Waals surface area contributed by atoms with Gasteiger partial charge in [-0.3, -0.25) is 0 Å². The van der Waals surface area contributed by atoms with E-state index in [1.165, 1.54) is 44.4 Å². The van der Waals surface area contributed by atoms with Crippen LogP contribution >= 0.6 is 11.6 Å². The smallest absolute Gasteiger partial charge is 0.380 e. The molecule has 0 aliphatic carbocycles. The van der Waals surface area contributed by atoms with E-state index in [4.69, 9.17) is 16.3 Å². The first-order valence-corrected chi connectivity index (χ1v) is 7.92. The molecule has 9 heteroatoms. The summed E-state index contributed by atoms with van der Waals surface area (Å²) in [6, 6.07) is 7.22. The van der Waals surface area contributed by atoms with E-state index in [1.807, 2.05) is 0 Å². The Bertz CT molecular complexity index is 813. The van der Waals surface area contributed by atoms with Crippen LogP contribution in [0.3, 0.4) is 0 Å². The summed E-state index contributed by atoms with van der Waals surface area (Å²) >= 11 is 6.00. The van der Waals surface area contributed by atoms with Crippen LogP contribution in [-0.4, -0.2) is 19.5 Å². The number of hydrogen-bond donors (Lipinski definition) is 0. The SMILES string of the molecule is COCc1cc(C)cc(C(F)(C(F)(F)F)C(F)(F)F)c1-c1ccccc1Cl. The van der Waals surface area contributed by atoms with Crippen LogP contribution in [-0.2, 0) is 17.0 Å². The average Bonchev–Trinajstić information content (AvgIpc) is 2.53. The second kappa shape index (κ2) is 7.31. The van der Waals surface area contributed by atoms with E-state index < -0.39 is 29.1 Å². The van der Waals surface area contributed by atoms with Gasteiger partial charge in [0.25, 0.3) is 0 Å². The molecule has 0 unspecified atom stereocenters. The zero-order chi connectivity index (χ0) is 20.6. The molecule has 0 spiro atoms. The maximum atomic E-state index is 14.9. The summed E-state index contributed by atoms with van der Waals surface area (Å²) in [6.45, 7) is 0.938. The fraction of sp³-hybridized carbons (Fsp3) is 0.333. The zero-order valence-corrected chi connectivity index (χ0v) is 14.9. The van der Waals surface area contributed by atoms with Crippen molar-refractivity contribution in [3.05, 3.63) is 58.1 Å². The molecule has 0 aliphatic rings. The van der Waals surface area contributed by atoms with Crippen LogP contribution in [0.5, 0.6) is 0 Å². The lowest BCUT2D eigenvalue weighted by molar-refractivity contribution is -0.348. The van der Waals surface area contributed by atoms with E-state index in [0.29, 0.717) is 6.07 Å². The number of halogens is 8. The summed E-state index contributed by atoms with van der Waals surface area (Å²) in [4.78, 5) is 0. The van der Waals surface area contributed by atoms with E-state index in [-0.39, 0.29) is 28.3 Å². The summed E-state index contributed by atoms with van der Waals surface area (Å²) in [5.74, 6) is 0. The van der Waals surface area contributed by atoms with E-state index >= 15 is 0 Å². The molecule has 0 saturated carbocycles. The molecule has 2 aromatic rings. The molecule has 0 bridgehead atoms. The van der Waals surface area contributed by atoms with Gasteiger partial charge in [0.2, 0.25) is 0 Å². The van der Waals surface area contributed by atoms with Crippen LogP contribution in [0.4, 0.5) is 30.7 Å². The molecule has 27 heavy (non-hydrogen) atoms. The number of alkyl halides is 7. The Labute approximate surface area is 155 Å². The Balaban J connectivity index is 3.01. The van der Waals surface area contributed by atoms with Gasteiger partial charge >= 0.3 is 18.0 Å². The van der Waals surface area contributed by atoms with Crippen molar-refractivity contribution in [3.8, 4) is 11.1 Å². The molecular formula is C18H14ClF7O. The van der Waals surface area contributed by atoms with E-state index in [0.717, 1.165) is 0 Å². The van der Waals surface area contributed by atoms with Crippen molar-refractivity contribution < 1.29 is 35.5 Å². The van der Waals surface area contributed by atoms with Gasteiger partial charge in [0.15, 0.2) is 0 Å². The quantitative estimate of drug-likeness (QED) is 0.503. The Morgan fingerprint density at radius 3 is 1.96 bits per heavy atom. The van der Waals surface area contributed by atoms with Crippen molar-refractivity contribution in [1.82, 2.24) is 0 Å². The van der Waals surface area contributed by atoms with Crippen LogP contribution < -0.4 is 0 Å². The minimum Gasteiger partial charge on any atom is -0.380 e. The lowest BCUT2D eigenvalue weighted by atomic mass is 9.83. The van der Waals surface area contributed by atoms with Gasteiger partial charge in [-0.25, -0.2) is 4.39 Å².